The van der Waals surface area contributed by atoms with Crippen molar-refractivity contribution in [2.75, 3.05) is 26.3 Å². The number of ether oxygens (including phenoxy) is 1. The Morgan fingerprint density at radius 2 is 2.10 bits per heavy atom. The van der Waals surface area contributed by atoms with Crippen molar-refractivity contribution in [3.05, 3.63) is 35.9 Å². The highest BCUT2D eigenvalue weighted by Gasteiger charge is 2.33. The normalized spacial score (nSPS) is 22.2. The smallest absolute Gasteiger partial charge is 0.248 e. The van der Waals surface area contributed by atoms with E-state index in [1.54, 1.807) is 0 Å². The van der Waals surface area contributed by atoms with Gasteiger partial charge < -0.3 is 15.4 Å². The van der Waals surface area contributed by atoms with Gasteiger partial charge in [0.1, 0.15) is 6.61 Å². The van der Waals surface area contributed by atoms with E-state index in [2.05, 4.69) is 19.1 Å². The van der Waals surface area contributed by atoms with Gasteiger partial charge >= 0.3 is 0 Å². The molecular formula is C16H24N2O2. The number of unbranched alkanes of at least 4 members (excludes halogenated alkanes) is 1. The highest BCUT2D eigenvalue weighted by Crippen LogP contribution is 2.26. The van der Waals surface area contributed by atoms with Crippen molar-refractivity contribution in [3.63, 3.8) is 0 Å². The van der Waals surface area contributed by atoms with Crippen molar-refractivity contribution in [1.82, 2.24) is 4.90 Å². The Balaban J connectivity index is 1.85. The van der Waals surface area contributed by atoms with Crippen LogP contribution in [-0.4, -0.2) is 43.2 Å². The van der Waals surface area contributed by atoms with Crippen LogP contribution in [0.1, 0.15) is 31.2 Å². The average Bonchev–Trinajstić information content (AvgIpc) is 2.86. The van der Waals surface area contributed by atoms with Crippen LogP contribution in [0.2, 0.25) is 0 Å². The van der Waals surface area contributed by atoms with Crippen LogP contribution < -0.4 is 5.73 Å². The third-order valence-electron chi connectivity index (χ3n) is 3.81. The van der Waals surface area contributed by atoms with Crippen molar-refractivity contribution >= 4 is 5.91 Å². The van der Waals surface area contributed by atoms with Gasteiger partial charge in [-0.05, 0) is 12.0 Å². The van der Waals surface area contributed by atoms with Gasteiger partial charge in [-0.15, -0.1) is 0 Å². The first-order valence-electron chi connectivity index (χ1n) is 7.38. The van der Waals surface area contributed by atoms with E-state index in [0.29, 0.717) is 19.7 Å². The molecule has 1 amide bonds. The largest absolute Gasteiger partial charge is 0.372 e. The van der Waals surface area contributed by atoms with Crippen LogP contribution in [-0.2, 0) is 9.53 Å². The van der Waals surface area contributed by atoms with Crippen LogP contribution in [0.3, 0.4) is 0 Å². The molecule has 0 bridgehead atoms. The van der Waals surface area contributed by atoms with E-state index in [9.17, 15) is 4.79 Å². The zero-order valence-electron chi connectivity index (χ0n) is 12.1. The number of nitrogens with two attached hydrogens (primary N) is 1. The summed E-state index contributed by atoms with van der Waals surface area (Å²) in [7, 11) is 0. The molecule has 20 heavy (non-hydrogen) atoms. The van der Waals surface area contributed by atoms with Crippen molar-refractivity contribution in [2.24, 2.45) is 5.73 Å². The number of carbonyl (C=O) groups is 1. The third-order valence-corrected chi connectivity index (χ3v) is 3.81. The molecule has 110 valence electrons. The molecule has 1 heterocycles. The zero-order chi connectivity index (χ0) is 14.4. The summed E-state index contributed by atoms with van der Waals surface area (Å²) in [6, 6.07) is 10.2. The molecule has 1 saturated heterocycles. The number of nitrogens with zero attached hydrogens (tertiary/aromatic N) is 1. The highest BCUT2D eigenvalue weighted by molar-refractivity contribution is 5.78. The lowest BCUT2D eigenvalue weighted by Gasteiger charge is -2.16. The van der Waals surface area contributed by atoms with Gasteiger partial charge in [0, 0.05) is 31.7 Å². The molecule has 1 aromatic carbocycles. The number of likely N-dealkylation sites (tertiary alicyclic amines) is 1. The van der Waals surface area contributed by atoms with Crippen LogP contribution in [0.4, 0.5) is 0 Å². The minimum absolute atomic E-state index is 0.0111. The highest BCUT2D eigenvalue weighted by atomic mass is 16.5. The predicted molar refractivity (Wildman–Crippen MR) is 79.5 cm³/mol. The molecule has 0 saturated carbocycles. The summed E-state index contributed by atoms with van der Waals surface area (Å²) < 4.78 is 5.39. The maximum absolute atomic E-state index is 12.1. The molecular weight excluding hydrogens is 252 g/mol. The van der Waals surface area contributed by atoms with E-state index in [1.807, 2.05) is 23.1 Å². The Morgan fingerprint density at radius 1 is 1.35 bits per heavy atom. The summed E-state index contributed by atoms with van der Waals surface area (Å²) in [6.45, 7) is 4.25. The Bertz CT molecular complexity index is 422. The van der Waals surface area contributed by atoms with E-state index in [1.165, 1.54) is 5.56 Å². The summed E-state index contributed by atoms with van der Waals surface area (Å²) >= 11 is 0. The lowest BCUT2D eigenvalue weighted by Crippen LogP contribution is -2.34. The monoisotopic (exact) mass is 276 g/mol. The Hall–Kier alpha value is -1.39. The average molecular weight is 276 g/mol. The van der Waals surface area contributed by atoms with Crippen molar-refractivity contribution in [3.8, 4) is 0 Å². The molecule has 2 atom stereocenters. The van der Waals surface area contributed by atoms with Gasteiger partial charge in [-0.3, -0.25) is 4.79 Å². The second kappa shape index (κ2) is 7.41. The van der Waals surface area contributed by atoms with Gasteiger partial charge in [0.15, 0.2) is 0 Å². The van der Waals surface area contributed by atoms with Crippen molar-refractivity contribution in [1.29, 1.82) is 0 Å². The van der Waals surface area contributed by atoms with E-state index >= 15 is 0 Å². The number of hydrogen-bond acceptors (Lipinski definition) is 3. The molecule has 0 spiro atoms. The molecule has 4 heteroatoms. The van der Waals surface area contributed by atoms with Crippen LogP contribution in [0.25, 0.3) is 0 Å². The molecule has 1 aliphatic rings. The summed E-state index contributed by atoms with van der Waals surface area (Å²) in [5.41, 5.74) is 7.39. The van der Waals surface area contributed by atoms with E-state index in [4.69, 9.17) is 10.5 Å². The second-order valence-electron chi connectivity index (χ2n) is 5.39. The predicted octanol–water partition coefficient (Wildman–Crippen LogP) is 1.76. The number of hydrogen-bond donors (Lipinski definition) is 1. The zero-order valence-corrected chi connectivity index (χ0v) is 12.1. The van der Waals surface area contributed by atoms with Gasteiger partial charge in [-0.25, -0.2) is 0 Å². The summed E-state index contributed by atoms with van der Waals surface area (Å²) in [6.07, 6.45) is 2.08. The van der Waals surface area contributed by atoms with E-state index in [-0.39, 0.29) is 24.5 Å². The summed E-state index contributed by atoms with van der Waals surface area (Å²) in [5.74, 6) is 0.283. The fourth-order valence-corrected chi connectivity index (χ4v) is 2.58. The molecule has 4 nitrogen and oxygen atoms in total. The molecule has 2 rings (SSSR count). The lowest BCUT2D eigenvalue weighted by atomic mass is 9.95. The van der Waals surface area contributed by atoms with Crippen molar-refractivity contribution < 1.29 is 9.53 Å². The number of rotatable bonds is 6. The molecule has 0 unspecified atom stereocenters. The van der Waals surface area contributed by atoms with E-state index in [0.717, 1.165) is 12.8 Å². The number of amides is 1. The third kappa shape index (κ3) is 3.81. The minimum atomic E-state index is 0.0111. The summed E-state index contributed by atoms with van der Waals surface area (Å²) in [4.78, 5) is 13.9. The minimum Gasteiger partial charge on any atom is -0.372 e. The van der Waals surface area contributed by atoms with Gasteiger partial charge in [0.2, 0.25) is 5.91 Å². The number of carbonyl (C=O) groups excluding carboxylic acids is 1. The number of benzene rings is 1. The van der Waals surface area contributed by atoms with Crippen LogP contribution in [0, 0.1) is 0 Å². The topological polar surface area (TPSA) is 55.6 Å². The Morgan fingerprint density at radius 3 is 2.80 bits per heavy atom. The first-order chi connectivity index (χ1) is 9.72. The molecule has 0 aromatic heterocycles. The molecule has 2 N–H and O–H groups in total. The lowest BCUT2D eigenvalue weighted by molar-refractivity contribution is -0.135. The van der Waals surface area contributed by atoms with Gasteiger partial charge in [-0.1, -0.05) is 43.7 Å². The Labute approximate surface area is 120 Å². The van der Waals surface area contributed by atoms with Gasteiger partial charge in [0.25, 0.3) is 0 Å². The van der Waals surface area contributed by atoms with Gasteiger partial charge in [-0.2, -0.15) is 0 Å². The molecule has 0 radical (unpaired) electrons. The molecule has 0 aliphatic carbocycles. The summed E-state index contributed by atoms with van der Waals surface area (Å²) in [5, 5.41) is 0. The molecule has 1 fully saturated rings. The quantitative estimate of drug-likeness (QED) is 0.805. The fraction of sp³-hybridized carbons (Fsp3) is 0.562. The fourth-order valence-electron chi connectivity index (χ4n) is 2.58. The molecule has 1 aromatic rings. The standard InChI is InChI=1S/C16H24N2O2/c1-2-3-9-20-12-16(19)18-10-14(15(17)11-18)13-7-5-4-6-8-13/h4-8,14-15H,2-3,9-12,17H2,1H3/t14-,15+/m0/s1. The first-order valence-corrected chi connectivity index (χ1v) is 7.38. The Kier molecular flexibility index (Phi) is 5.56. The maximum atomic E-state index is 12.1. The molecule has 1 aliphatic heterocycles. The van der Waals surface area contributed by atoms with Gasteiger partial charge in [0.05, 0.1) is 0 Å². The van der Waals surface area contributed by atoms with Crippen LogP contribution in [0.15, 0.2) is 30.3 Å². The van der Waals surface area contributed by atoms with Crippen LogP contribution >= 0.6 is 0 Å². The van der Waals surface area contributed by atoms with Crippen molar-refractivity contribution in [2.45, 2.75) is 31.7 Å². The maximum Gasteiger partial charge on any atom is 0.248 e. The van der Waals surface area contributed by atoms with Crippen LogP contribution in [0.5, 0.6) is 0 Å². The SMILES string of the molecule is CCCCOCC(=O)N1C[C@@H](N)[C@H](c2ccccc2)C1. The first kappa shape index (κ1) is 15.0. The second-order valence-corrected chi connectivity index (χ2v) is 5.39. The van der Waals surface area contributed by atoms with E-state index < -0.39 is 0 Å².